The molecule has 2 rings (SSSR count). The van der Waals surface area contributed by atoms with Crippen LogP contribution >= 0.6 is 0 Å². The largest absolute Gasteiger partial charge is 0.400 e. The molecule has 0 radical (unpaired) electrons. The molecule has 2 aliphatic rings. The molecule has 0 bridgehead atoms. The third-order valence-corrected chi connectivity index (χ3v) is 4.27. The maximum absolute atomic E-state index is 9.70. The van der Waals surface area contributed by atoms with Gasteiger partial charge in [0.15, 0.2) is 0 Å². The molecule has 1 spiro atoms. The fourth-order valence-corrected chi connectivity index (χ4v) is 3.09. The molecule has 1 aliphatic heterocycles. The molecule has 0 amide bonds. The van der Waals surface area contributed by atoms with Gasteiger partial charge >= 0.3 is 0 Å². The number of aliphatic hydroxyl groups excluding tert-OH is 1. The first-order valence-corrected chi connectivity index (χ1v) is 7.41. The second-order valence-corrected chi connectivity index (χ2v) is 6.45. The maximum atomic E-state index is 9.70. The minimum atomic E-state index is -0.545. The number of hydrogen-bond acceptors (Lipinski definition) is 3. The summed E-state index contributed by atoms with van der Waals surface area (Å²) in [5.74, 6) is 0.637. The SMILES string of the molecule is C/C(=C\CCC(C)(C)O)C1CCCC[C@]12CO2.CO. The van der Waals surface area contributed by atoms with Gasteiger partial charge < -0.3 is 14.9 Å². The Bertz CT molecular complexity index is 298. The quantitative estimate of drug-likeness (QED) is 0.610. The maximum Gasteiger partial charge on any atom is 0.0981 e. The average molecular weight is 270 g/mol. The van der Waals surface area contributed by atoms with Crippen molar-refractivity contribution in [2.45, 2.75) is 70.5 Å². The van der Waals surface area contributed by atoms with Crippen molar-refractivity contribution in [1.29, 1.82) is 0 Å². The summed E-state index contributed by atoms with van der Waals surface area (Å²) in [5, 5.41) is 16.7. The van der Waals surface area contributed by atoms with Gasteiger partial charge in [-0.2, -0.15) is 0 Å². The Morgan fingerprint density at radius 3 is 2.53 bits per heavy atom. The summed E-state index contributed by atoms with van der Waals surface area (Å²) < 4.78 is 5.73. The highest BCUT2D eigenvalue weighted by molar-refractivity contribution is 5.16. The highest BCUT2D eigenvalue weighted by Crippen LogP contribution is 2.49. The molecule has 3 heteroatoms. The molecule has 3 nitrogen and oxygen atoms in total. The second kappa shape index (κ2) is 6.87. The fourth-order valence-electron chi connectivity index (χ4n) is 3.09. The Morgan fingerprint density at radius 1 is 1.37 bits per heavy atom. The van der Waals surface area contributed by atoms with Crippen molar-refractivity contribution in [3.8, 4) is 0 Å². The molecule has 2 atom stereocenters. The van der Waals surface area contributed by atoms with Crippen LogP contribution in [0, 0.1) is 5.92 Å². The minimum Gasteiger partial charge on any atom is -0.400 e. The Balaban J connectivity index is 0.000000861. The number of epoxide rings is 1. The molecule has 0 aromatic carbocycles. The van der Waals surface area contributed by atoms with E-state index in [4.69, 9.17) is 9.84 Å². The van der Waals surface area contributed by atoms with Crippen molar-refractivity contribution >= 4 is 0 Å². The average Bonchev–Trinajstić information content (AvgIpc) is 3.10. The highest BCUT2D eigenvalue weighted by Gasteiger charge is 2.52. The summed E-state index contributed by atoms with van der Waals surface area (Å²) >= 11 is 0. The van der Waals surface area contributed by atoms with Gasteiger partial charge in [0.1, 0.15) is 0 Å². The van der Waals surface area contributed by atoms with Gasteiger partial charge in [-0.1, -0.05) is 24.5 Å². The van der Waals surface area contributed by atoms with Crippen LogP contribution in [-0.2, 0) is 4.74 Å². The molecule has 1 unspecified atom stereocenters. The Morgan fingerprint density at radius 2 is 2.00 bits per heavy atom. The van der Waals surface area contributed by atoms with E-state index in [9.17, 15) is 5.11 Å². The second-order valence-electron chi connectivity index (χ2n) is 6.45. The van der Waals surface area contributed by atoms with E-state index < -0.39 is 5.60 Å². The van der Waals surface area contributed by atoms with Crippen LogP contribution in [0.5, 0.6) is 0 Å². The molecular formula is C16H30O3. The van der Waals surface area contributed by atoms with Gasteiger partial charge in [-0.05, 0) is 46.5 Å². The fraction of sp³-hybridized carbons (Fsp3) is 0.875. The monoisotopic (exact) mass is 270 g/mol. The lowest BCUT2D eigenvalue weighted by Gasteiger charge is -2.30. The Hall–Kier alpha value is -0.380. The lowest BCUT2D eigenvalue weighted by Crippen LogP contribution is -2.29. The number of rotatable bonds is 4. The van der Waals surface area contributed by atoms with Gasteiger partial charge in [0.25, 0.3) is 0 Å². The number of aliphatic hydroxyl groups is 2. The van der Waals surface area contributed by atoms with E-state index in [1.165, 1.54) is 31.3 Å². The minimum absolute atomic E-state index is 0.216. The highest BCUT2D eigenvalue weighted by atomic mass is 16.6. The molecular weight excluding hydrogens is 240 g/mol. The molecule has 1 saturated carbocycles. The summed E-state index contributed by atoms with van der Waals surface area (Å²) in [7, 11) is 1.00. The molecule has 1 heterocycles. The summed E-state index contributed by atoms with van der Waals surface area (Å²) in [5.41, 5.74) is 1.15. The van der Waals surface area contributed by atoms with Crippen LogP contribution in [0.2, 0.25) is 0 Å². The van der Waals surface area contributed by atoms with Gasteiger partial charge in [-0.3, -0.25) is 0 Å². The van der Waals surface area contributed by atoms with Crippen LogP contribution in [0.1, 0.15) is 59.3 Å². The summed E-state index contributed by atoms with van der Waals surface area (Å²) in [6.45, 7) is 6.96. The van der Waals surface area contributed by atoms with Gasteiger partial charge in [-0.25, -0.2) is 0 Å². The van der Waals surface area contributed by atoms with Crippen LogP contribution in [0.15, 0.2) is 11.6 Å². The Labute approximate surface area is 117 Å². The van der Waals surface area contributed by atoms with Crippen molar-refractivity contribution < 1.29 is 14.9 Å². The predicted octanol–water partition coefficient (Wildman–Crippen LogP) is 3.05. The van der Waals surface area contributed by atoms with E-state index in [1.807, 2.05) is 13.8 Å². The topological polar surface area (TPSA) is 53.0 Å². The van der Waals surface area contributed by atoms with Crippen LogP contribution in [-0.4, -0.2) is 35.1 Å². The normalized spacial score (nSPS) is 30.8. The van der Waals surface area contributed by atoms with Gasteiger partial charge in [-0.15, -0.1) is 0 Å². The predicted molar refractivity (Wildman–Crippen MR) is 78.1 cm³/mol. The first-order valence-electron chi connectivity index (χ1n) is 7.41. The van der Waals surface area contributed by atoms with E-state index in [0.29, 0.717) is 5.92 Å². The zero-order chi connectivity index (χ0) is 14.5. The summed E-state index contributed by atoms with van der Waals surface area (Å²) in [6, 6.07) is 0. The van der Waals surface area contributed by atoms with Crippen molar-refractivity contribution in [3.05, 3.63) is 11.6 Å². The number of allylic oxidation sites excluding steroid dienone is 1. The van der Waals surface area contributed by atoms with Gasteiger partial charge in [0, 0.05) is 13.0 Å². The first kappa shape index (κ1) is 16.7. The molecule has 19 heavy (non-hydrogen) atoms. The van der Waals surface area contributed by atoms with Crippen LogP contribution < -0.4 is 0 Å². The smallest absolute Gasteiger partial charge is 0.0981 e. The lowest BCUT2D eigenvalue weighted by molar-refractivity contribution is 0.0720. The number of ether oxygens (including phenoxy) is 1. The zero-order valence-corrected chi connectivity index (χ0v) is 12.9. The standard InChI is InChI=1S/C15H26O2.CH4O/c1-12(7-6-9-14(2,3)16)13-8-4-5-10-15(13)11-17-15;1-2/h7,13,16H,4-6,8-11H2,1-3H3;2H,1H3/b12-7+;/t13?,15-;/m0./s1. The third kappa shape index (κ3) is 4.90. The molecule has 2 fully saturated rings. The third-order valence-electron chi connectivity index (χ3n) is 4.27. The first-order chi connectivity index (χ1) is 8.93. The molecule has 1 aliphatic carbocycles. The number of hydrogen-bond donors (Lipinski definition) is 2. The van der Waals surface area contributed by atoms with Crippen molar-refractivity contribution in [2.75, 3.05) is 13.7 Å². The summed E-state index contributed by atoms with van der Waals surface area (Å²) in [6.07, 6.45) is 9.32. The van der Waals surface area contributed by atoms with E-state index in [-0.39, 0.29) is 5.60 Å². The van der Waals surface area contributed by atoms with E-state index in [0.717, 1.165) is 26.6 Å². The molecule has 0 aromatic heterocycles. The molecule has 2 N–H and O–H groups in total. The molecule has 0 aromatic rings. The van der Waals surface area contributed by atoms with E-state index in [1.54, 1.807) is 0 Å². The van der Waals surface area contributed by atoms with Crippen molar-refractivity contribution in [2.24, 2.45) is 5.92 Å². The van der Waals surface area contributed by atoms with Gasteiger partial charge in [0.05, 0.1) is 17.8 Å². The Kier molecular flexibility index (Phi) is 6.03. The van der Waals surface area contributed by atoms with Crippen LogP contribution in [0.3, 0.4) is 0 Å². The van der Waals surface area contributed by atoms with Crippen molar-refractivity contribution in [3.63, 3.8) is 0 Å². The van der Waals surface area contributed by atoms with Crippen LogP contribution in [0.4, 0.5) is 0 Å². The van der Waals surface area contributed by atoms with Crippen LogP contribution in [0.25, 0.3) is 0 Å². The van der Waals surface area contributed by atoms with E-state index >= 15 is 0 Å². The van der Waals surface area contributed by atoms with Crippen molar-refractivity contribution in [1.82, 2.24) is 0 Å². The molecule has 1 saturated heterocycles. The zero-order valence-electron chi connectivity index (χ0n) is 12.9. The van der Waals surface area contributed by atoms with Gasteiger partial charge in [0.2, 0.25) is 0 Å². The summed E-state index contributed by atoms with van der Waals surface area (Å²) in [4.78, 5) is 0. The molecule has 112 valence electrons. The lowest BCUT2D eigenvalue weighted by atomic mass is 9.75. The van der Waals surface area contributed by atoms with E-state index in [2.05, 4.69) is 13.0 Å².